The maximum atomic E-state index is 5.40. The minimum Gasteiger partial charge on any atom is -0.493 e. The molecule has 3 nitrogen and oxygen atoms in total. The van der Waals surface area contributed by atoms with Crippen LogP contribution in [0.1, 0.15) is 37.3 Å². The highest BCUT2D eigenvalue weighted by Gasteiger charge is 2.18. The summed E-state index contributed by atoms with van der Waals surface area (Å²) in [5.74, 6) is 1.54. The molecule has 1 heterocycles. The minimum absolute atomic E-state index is 0.420. The summed E-state index contributed by atoms with van der Waals surface area (Å²) >= 11 is 3.55. The van der Waals surface area contributed by atoms with Crippen LogP contribution < -0.4 is 14.8 Å². The lowest BCUT2D eigenvalue weighted by Gasteiger charge is -2.19. The average molecular weight is 314 g/mol. The van der Waals surface area contributed by atoms with E-state index >= 15 is 0 Å². The zero-order valence-electron chi connectivity index (χ0n) is 11.0. The smallest absolute Gasteiger partial charge is 0.174 e. The molecule has 2 rings (SSSR count). The van der Waals surface area contributed by atoms with Gasteiger partial charge in [0, 0.05) is 6.04 Å². The van der Waals surface area contributed by atoms with Crippen molar-refractivity contribution in [2.24, 2.45) is 0 Å². The van der Waals surface area contributed by atoms with Crippen molar-refractivity contribution in [1.82, 2.24) is 5.32 Å². The highest BCUT2D eigenvalue weighted by molar-refractivity contribution is 9.10. The first-order valence-corrected chi connectivity index (χ1v) is 7.20. The van der Waals surface area contributed by atoms with Crippen LogP contribution >= 0.6 is 15.9 Å². The summed E-state index contributed by atoms with van der Waals surface area (Å²) in [5.41, 5.74) is 1.27. The first kappa shape index (κ1) is 13.7. The van der Waals surface area contributed by atoms with Crippen molar-refractivity contribution in [3.63, 3.8) is 0 Å². The standard InChI is InChI=1S/C14H20BrNO2/c1-17-13-9-10(8-11(15)14(13)18-2)12-6-4-3-5-7-16-12/h8-9,12,16H,3-7H2,1-2H3/t12-/m1/s1. The number of nitrogens with one attached hydrogen (secondary N) is 1. The zero-order chi connectivity index (χ0) is 13.0. The van der Waals surface area contributed by atoms with Crippen LogP contribution in [0.25, 0.3) is 0 Å². The number of hydrogen-bond donors (Lipinski definition) is 1. The molecule has 1 aliphatic rings. The van der Waals surface area contributed by atoms with Gasteiger partial charge in [-0.25, -0.2) is 0 Å². The molecule has 1 aromatic rings. The third kappa shape index (κ3) is 2.98. The molecule has 1 aromatic carbocycles. The fourth-order valence-electron chi connectivity index (χ4n) is 2.45. The largest absolute Gasteiger partial charge is 0.493 e. The van der Waals surface area contributed by atoms with E-state index in [4.69, 9.17) is 9.47 Å². The van der Waals surface area contributed by atoms with Crippen LogP contribution in [0.5, 0.6) is 11.5 Å². The van der Waals surface area contributed by atoms with E-state index in [1.54, 1.807) is 14.2 Å². The Morgan fingerprint density at radius 3 is 2.72 bits per heavy atom. The van der Waals surface area contributed by atoms with Gasteiger partial charge in [-0.05, 0) is 53.0 Å². The first-order chi connectivity index (χ1) is 8.76. The third-order valence-corrected chi connectivity index (χ3v) is 4.01. The highest BCUT2D eigenvalue weighted by Crippen LogP contribution is 2.38. The number of ether oxygens (including phenoxy) is 2. The number of benzene rings is 1. The van der Waals surface area contributed by atoms with Crippen molar-refractivity contribution in [2.75, 3.05) is 20.8 Å². The Bertz CT molecular complexity index is 401. The molecular formula is C14H20BrNO2. The van der Waals surface area contributed by atoms with E-state index in [1.165, 1.54) is 31.2 Å². The van der Waals surface area contributed by atoms with Gasteiger partial charge in [0.15, 0.2) is 11.5 Å². The average Bonchev–Trinajstić information content (AvgIpc) is 2.66. The highest BCUT2D eigenvalue weighted by atomic mass is 79.9. The van der Waals surface area contributed by atoms with E-state index < -0.39 is 0 Å². The summed E-state index contributed by atoms with van der Waals surface area (Å²) in [6.07, 6.45) is 5.05. The maximum Gasteiger partial charge on any atom is 0.174 e. The molecule has 0 radical (unpaired) electrons. The van der Waals surface area contributed by atoms with Crippen LogP contribution in [0.15, 0.2) is 16.6 Å². The van der Waals surface area contributed by atoms with Gasteiger partial charge in [0.2, 0.25) is 0 Å². The monoisotopic (exact) mass is 313 g/mol. The second kappa shape index (κ2) is 6.43. The Balaban J connectivity index is 2.29. The quantitative estimate of drug-likeness (QED) is 0.923. The molecule has 1 saturated heterocycles. The van der Waals surface area contributed by atoms with E-state index in [0.29, 0.717) is 6.04 Å². The summed E-state index contributed by atoms with van der Waals surface area (Å²) in [7, 11) is 3.33. The molecule has 100 valence electrons. The van der Waals surface area contributed by atoms with Crippen LogP contribution in [-0.2, 0) is 0 Å². The van der Waals surface area contributed by atoms with E-state index in [0.717, 1.165) is 22.5 Å². The SMILES string of the molecule is COc1cc([C@H]2CCCCCN2)cc(Br)c1OC. The van der Waals surface area contributed by atoms with Gasteiger partial charge in [0.25, 0.3) is 0 Å². The summed E-state index contributed by atoms with van der Waals surface area (Å²) in [5, 5.41) is 3.60. The topological polar surface area (TPSA) is 30.5 Å². The predicted octanol–water partition coefficient (Wildman–Crippen LogP) is 3.67. The Morgan fingerprint density at radius 1 is 1.17 bits per heavy atom. The van der Waals surface area contributed by atoms with Crippen LogP contribution in [0, 0.1) is 0 Å². The van der Waals surface area contributed by atoms with Gasteiger partial charge in [-0.15, -0.1) is 0 Å². The van der Waals surface area contributed by atoms with Crippen LogP contribution in [0.4, 0.5) is 0 Å². The van der Waals surface area contributed by atoms with Crippen molar-refractivity contribution in [3.05, 3.63) is 22.2 Å². The zero-order valence-corrected chi connectivity index (χ0v) is 12.5. The van der Waals surface area contributed by atoms with E-state index in [2.05, 4.69) is 33.4 Å². The molecule has 18 heavy (non-hydrogen) atoms. The summed E-state index contributed by atoms with van der Waals surface area (Å²) < 4.78 is 11.7. The number of hydrogen-bond acceptors (Lipinski definition) is 3. The van der Waals surface area contributed by atoms with Crippen molar-refractivity contribution in [2.45, 2.75) is 31.7 Å². The molecule has 0 aliphatic carbocycles. The minimum atomic E-state index is 0.420. The van der Waals surface area contributed by atoms with Crippen LogP contribution in [-0.4, -0.2) is 20.8 Å². The van der Waals surface area contributed by atoms with Crippen LogP contribution in [0.2, 0.25) is 0 Å². The lowest BCUT2D eigenvalue weighted by molar-refractivity contribution is 0.352. The molecule has 1 aliphatic heterocycles. The van der Waals surface area contributed by atoms with Crippen molar-refractivity contribution in [3.8, 4) is 11.5 Å². The molecule has 1 atom stereocenters. The maximum absolute atomic E-state index is 5.40. The van der Waals surface area contributed by atoms with Crippen molar-refractivity contribution >= 4 is 15.9 Å². The van der Waals surface area contributed by atoms with E-state index in [9.17, 15) is 0 Å². The number of rotatable bonds is 3. The normalized spacial score (nSPS) is 20.3. The van der Waals surface area contributed by atoms with Gasteiger partial charge in [-0.2, -0.15) is 0 Å². The fraction of sp³-hybridized carbons (Fsp3) is 0.571. The number of halogens is 1. The molecule has 0 spiro atoms. The third-order valence-electron chi connectivity index (χ3n) is 3.42. The molecule has 0 bridgehead atoms. The van der Waals surface area contributed by atoms with Crippen LogP contribution in [0.3, 0.4) is 0 Å². The molecule has 0 saturated carbocycles. The van der Waals surface area contributed by atoms with E-state index in [1.807, 2.05) is 0 Å². The molecule has 0 unspecified atom stereocenters. The first-order valence-electron chi connectivity index (χ1n) is 6.41. The second-order valence-electron chi connectivity index (χ2n) is 4.59. The van der Waals surface area contributed by atoms with Gasteiger partial charge in [-0.3, -0.25) is 0 Å². The molecule has 1 fully saturated rings. The molecule has 1 N–H and O–H groups in total. The second-order valence-corrected chi connectivity index (χ2v) is 5.45. The van der Waals surface area contributed by atoms with Gasteiger partial charge in [0.1, 0.15) is 0 Å². The Morgan fingerprint density at radius 2 is 2.00 bits per heavy atom. The Hall–Kier alpha value is -0.740. The lowest BCUT2D eigenvalue weighted by Crippen LogP contribution is -2.20. The molecular weight excluding hydrogens is 294 g/mol. The summed E-state index contributed by atoms with van der Waals surface area (Å²) in [6.45, 7) is 1.09. The van der Waals surface area contributed by atoms with Gasteiger partial charge in [-0.1, -0.05) is 12.8 Å². The predicted molar refractivity (Wildman–Crippen MR) is 76.5 cm³/mol. The van der Waals surface area contributed by atoms with Crippen molar-refractivity contribution < 1.29 is 9.47 Å². The van der Waals surface area contributed by atoms with Gasteiger partial charge in [0.05, 0.1) is 18.7 Å². The van der Waals surface area contributed by atoms with Gasteiger partial charge < -0.3 is 14.8 Å². The lowest BCUT2D eigenvalue weighted by atomic mass is 10.0. The Kier molecular flexibility index (Phi) is 4.89. The Labute approximate surface area is 117 Å². The summed E-state index contributed by atoms with van der Waals surface area (Å²) in [4.78, 5) is 0. The molecule has 0 amide bonds. The summed E-state index contributed by atoms with van der Waals surface area (Å²) in [6, 6.07) is 4.63. The fourth-order valence-corrected chi connectivity index (χ4v) is 3.07. The van der Waals surface area contributed by atoms with Crippen molar-refractivity contribution in [1.29, 1.82) is 0 Å². The number of methoxy groups -OCH3 is 2. The van der Waals surface area contributed by atoms with Gasteiger partial charge >= 0.3 is 0 Å². The van der Waals surface area contributed by atoms with E-state index in [-0.39, 0.29) is 0 Å². The molecule has 0 aromatic heterocycles. The molecule has 4 heteroatoms.